The normalized spacial score (nSPS) is 10.9. The minimum Gasteiger partial charge on any atom is -0.493 e. The van der Waals surface area contributed by atoms with Crippen LogP contribution in [0.25, 0.3) is 0 Å². The van der Waals surface area contributed by atoms with Crippen LogP contribution in [0.4, 0.5) is 0 Å². The Hall–Kier alpha value is -1.36. The van der Waals surface area contributed by atoms with Crippen LogP contribution >= 0.6 is 0 Å². The van der Waals surface area contributed by atoms with Gasteiger partial charge in [0.15, 0.2) is 11.5 Å². The summed E-state index contributed by atoms with van der Waals surface area (Å²) < 4.78 is 12.1. The fourth-order valence-corrected chi connectivity index (χ4v) is 1.75. The third-order valence-electron chi connectivity index (χ3n) is 2.63. The Morgan fingerprint density at radius 2 is 2.22 bits per heavy atom. The number of nitrogens with zero attached hydrogens (tertiary/aromatic N) is 2. The van der Waals surface area contributed by atoms with E-state index in [1.165, 1.54) is 0 Å². The summed E-state index contributed by atoms with van der Waals surface area (Å²) in [5.41, 5.74) is 0.559. The number of carbonyl (C=O) groups excluding carboxylic acids is 1. The Labute approximate surface area is 108 Å². The van der Waals surface area contributed by atoms with E-state index in [2.05, 4.69) is 5.10 Å². The number of methoxy groups -OCH3 is 1. The zero-order chi connectivity index (χ0) is 13.5. The molecule has 0 spiro atoms. The van der Waals surface area contributed by atoms with Gasteiger partial charge in [-0.25, -0.2) is 0 Å². The number of ketones is 1. The van der Waals surface area contributed by atoms with E-state index in [1.54, 1.807) is 18.0 Å². The molecule has 0 unspecified atom stereocenters. The first-order valence-electron chi connectivity index (χ1n) is 6.34. The summed E-state index contributed by atoms with van der Waals surface area (Å²) in [7, 11) is 1.55. The van der Waals surface area contributed by atoms with Gasteiger partial charge in [0, 0.05) is 25.7 Å². The Balaban J connectivity index is 2.73. The molecule has 0 aliphatic carbocycles. The van der Waals surface area contributed by atoms with Crippen LogP contribution in [0.15, 0.2) is 6.20 Å². The maximum Gasteiger partial charge on any atom is 0.184 e. The molecule has 1 heterocycles. The van der Waals surface area contributed by atoms with Crippen molar-refractivity contribution in [3.8, 4) is 5.75 Å². The summed E-state index contributed by atoms with van der Waals surface area (Å²) in [6, 6.07) is 0.139. The fourth-order valence-electron chi connectivity index (χ4n) is 1.75. The van der Waals surface area contributed by atoms with Crippen molar-refractivity contribution in [2.24, 2.45) is 0 Å². The molecule has 18 heavy (non-hydrogen) atoms. The van der Waals surface area contributed by atoms with Gasteiger partial charge in [-0.3, -0.25) is 9.48 Å². The summed E-state index contributed by atoms with van der Waals surface area (Å²) >= 11 is 0. The van der Waals surface area contributed by atoms with Crippen molar-refractivity contribution < 1.29 is 14.3 Å². The monoisotopic (exact) mass is 254 g/mol. The van der Waals surface area contributed by atoms with Crippen molar-refractivity contribution in [3.63, 3.8) is 0 Å². The number of carbonyl (C=O) groups is 1. The highest BCUT2D eigenvalue weighted by Crippen LogP contribution is 2.22. The molecule has 0 aliphatic heterocycles. The molecule has 5 heteroatoms. The lowest BCUT2D eigenvalue weighted by molar-refractivity contribution is 0.0932. The number of rotatable bonds is 8. The van der Waals surface area contributed by atoms with Gasteiger partial charge in [0.2, 0.25) is 0 Å². The molecular formula is C13H22N2O3. The first kappa shape index (κ1) is 14.7. The van der Waals surface area contributed by atoms with Crippen molar-refractivity contribution in [3.05, 3.63) is 11.9 Å². The minimum atomic E-state index is 0.0535. The highest BCUT2D eigenvalue weighted by molar-refractivity contribution is 5.97. The van der Waals surface area contributed by atoms with E-state index in [4.69, 9.17) is 9.47 Å². The number of Topliss-reactive ketones (excluding diaryl/α,β-unsaturated/α-hetero) is 1. The molecule has 5 nitrogen and oxygen atoms in total. The van der Waals surface area contributed by atoms with Crippen molar-refractivity contribution in [2.75, 3.05) is 20.3 Å². The van der Waals surface area contributed by atoms with Crippen LogP contribution in [0.5, 0.6) is 5.75 Å². The van der Waals surface area contributed by atoms with E-state index in [1.807, 2.05) is 20.8 Å². The maximum absolute atomic E-state index is 12.2. The third-order valence-corrected chi connectivity index (χ3v) is 2.63. The molecule has 0 aromatic carbocycles. The Morgan fingerprint density at radius 3 is 2.78 bits per heavy atom. The third kappa shape index (κ3) is 3.57. The SMILES string of the molecule is CCOCCCC(=O)c1c(OC)cnn1C(C)C. The van der Waals surface area contributed by atoms with Gasteiger partial charge in [0.25, 0.3) is 0 Å². The van der Waals surface area contributed by atoms with Gasteiger partial charge in [0.05, 0.1) is 13.3 Å². The van der Waals surface area contributed by atoms with Gasteiger partial charge in [0.1, 0.15) is 5.69 Å². The molecule has 0 N–H and O–H groups in total. The van der Waals surface area contributed by atoms with Crippen LogP contribution in [0.2, 0.25) is 0 Å². The van der Waals surface area contributed by atoms with E-state index >= 15 is 0 Å². The first-order valence-corrected chi connectivity index (χ1v) is 6.34. The molecule has 0 bridgehead atoms. The van der Waals surface area contributed by atoms with Gasteiger partial charge in [-0.1, -0.05) is 0 Å². The van der Waals surface area contributed by atoms with E-state index < -0.39 is 0 Å². The van der Waals surface area contributed by atoms with Gasteiger partial charge in [-0.05, 0) is 27.2 Å². The largest absolute Gasteiger partial charge is 0.493 e. The fraction of sp³-hybridized carbons (Fsp3) is 0.692. The summed E-state index contributed by atoms with van der Waals surface area (Å²) in [5.74, 6) is 0.600. The molecule has 102 valence electrons. The number of hydrogen-bond donors (Lipinski definition) is 0. The molecule has 1 aromatic rings. The molecule has 0 fully saturated rings. The molecule has 0 saturated carbocycles. The summed E-state index contributed by atoms with van der Waals surface area (Å²) in [6.45, 7) is 7.22. The minimum absolute atomic E-state index is 0.0535. The van der Waals surface area contributed by atoms with Crippen LogP contribution < -0.4 is 4.74 Å². The second kappa shape index (κ2) is 7.16. The maximum atomic E-state index is 12.2. The van der Waals surface area contributed by atoms with Gasteiger partial charge in [-0.2, -0.15) is 5.10 Å². The molecule has 1 rings (SSSR count). The van der Waals surface area contributed by atoms with Crippen LogP contribution in [0, 0.1) is 0 Å². The molecule has 0 radical (unpaired) electrons. The highest BCUT2D eigenvalue weighted by atomic mass is 16.5. The molecule has 0 saturated heterocycles. The molecule has 1 aromatic heterocycles. The Morgan fingerprint density at radius 1 is 1.50 bits per heavy atom. The van der Waals surface area contributed by atoms with Crippen LogP contribution in [0.3, 0.4) is 0 Å². The number of aromatic nitrogens is 2. The predicted molar refractivity (Wildman–Crippen MR) is 69.2 cm³/mol. The zero-order valence-corrected chi connectivity index (χ0v) is 11.6. The van der Waals surface area contributed by atoms with Crippen LogP contribution in [0.1, 0.15) is 50.1 Å². The molecular weight excluding hydrogens is 232 g/mol. The topological polar surface area (TPSA) is 53.4 Å². The number of ether oxygens (including phenoxy) is 2. The van der Waals surface area contributed by atoms with Crippen LogP contribution in [-0.4, -0.2) is 35.9 Å². The van der Waals surface area contributed by atoms with Gasteiger partial charge in [-0.15, -0.1) is 0 Å². The van der Waals surface area contributed by atoms with Crippen molar-refractivity contribution in [1.82, 2.24) is 9.78 Å². The van der Waals surface area contributed by atoms with E-state index in [0.29, 0.717) is 31.1 Å². The Kier molecular flexibility index (Phi) is 5.85. The summed E-state index contributed by atoms with van der Waals surface area (Å²) in [4.78, 5) is 12.2. The summed E-state index contributed by atoms with van der Waals surface area (Å²) in [5, 5.41) is 4.19. The molecule has 0 amide bonds. The van der Waals surface area contributed by atoms with Crippen LogP contribution in [-0.2, 0) is 4.74 Å². The lowest BCUT2D eigenvalue weighted by Crippen LogP contribution is -2.14. The van der Waals surface area contributed by atoms with E-state index in [0.717, 1.165) is 6.42 Å². The van der Waals surface area contributed by atoms with Crippen molar-refractivity contribution in [1.29, 1.82) is 0 Å². The van der Waals surface area contributed by atoms with E-state index in [-0.39, 0.29) is 11.8 Å². The average molecular weight is 254 g/mol. The molecule has 0 aliphatic rings. The predicted octanol–water partition coefficient (Wildman–Crippen LogP) is 2.47. The zero-order valence-electron chi connectivity index (χ0n) is 11.6. The number of hydrogen-bond acceptors (Lipinski definition) is 4. The van der Waals surface area contributed by atoms with Gasteiger partial charge < -0.3 is 9.47 Å². The lowest BCUT2D eigenvalue weighted by Gasteiger charge is -2.11. The van der Waals surface area contributed by atoms with E-state index in [9.17, 15) is 4.79 Å². The first-order chi connectivity index (χ1) is 8.61. The average Bonchev–Trinajstić information content (AvgIpc) is 2.78. The second-order valence-corrected chi connectivity index (χ2v) is 4.32. The second-order valence-electron chi connectivity index (χ2n) is 4.32. The molecule has 0 atom stereocenters. The standard InChI is InChI=1S/C13H22N2O3/c1-5-18-8-6-7-11(16)13-12(17-4)9-14-15(13)10(2)3/h9-10H,5-8H2,1-4H3. The quantitative estimate of drug-likeness (QED) is 0.528. The van der Waals surface area contributed by atoms with Crippen molar-refractivity contribution in [2.45, 2.75) is 39.7 Å². The highest BCUT2D eigenvalue weighted by Gasteiger charge is 2.20. The van der Waals surface area contributed by atoms with Crippen molar-refractivity contribution >= 4 is 5.78 Å². The van der Waals surface area contributed by atoms with Gasteiger partial charge >= 0.3 is 0 Å². The Bertz CT molecular complexity index is 386. The lowest BCUT2D eigenvalue weighted by atomic mass is 10.1. The summed E-state index contributed by atoms with van der Waals surface area (Å²) in [6.07, 6.45) is 2.77. The smallest absolute Gasteiger partial charge is 0.184 e.